The molecule has 4 atom stereocenters. The number of hydrogen-bond donors (Lipinski definition) is 0. The number of methoxy groups -OCH3 is 1. The highest BCUT2D eigenvalue weighted by atomic mass is 16.6. The lowest BCUT2D eigenvalue weighted by molar-refractivity contribution is -0.155. The first-order valence-corrected chi connectivity index (χ1v) is 6.85. The van der Waals surface area contributed by atoms with Crippen LogP contribution in [0.4, 0.5) is 0 Å². The van der Waals surface area contributed by atoms with Crippen LogP contribution < -0.4 is 0 Å². The Morgan fingerprint density at radius 2 is 2.10 bits per heavy atom. The molecule has 0 radical (unpaired) electrons. The summed E-state index contributed by atoms with van der Waals surface area (Å²) < 4.78 is 9.41. The number of esters is 3. The van der Waals surface area contributed by atoms with Gasteiger partial charge in [0.15, 0.2) is 0 Å². The predicted octanol–water partition coefficient (Wildman–Crippen LogP) is -0.205. The van der Waals surface area contributed by atoms with Crippen LogP contribution in [0.2, 0.25) is 0 Å². The fourth-order valence-electron chi connectivity index (χ4n) is 3.37. The molecule has 3 aliphatic rings. The number of nitrogens with zero attached hydrogens (tertiary/aromatic N) is 1. The molecule has 0 N–H and O–H groups in total. The van der Waals surface area contributed by atoms with Crippen molar-refractivity contribution < 1.29 is 28.7 Å². The molecule has 1 unspecified atom stereocenters. The topological polar surface area (TPSA) is 90.0 Å². The average molecular weight is 293 g/mol. The second kappa shape index (κ2) is 4.98. The first-order chi connectivity index (χ1) is 10.0. The summed E-state index contributed by atoms with van der Waals surface area (Å²) in [6.07, 6.45) is 4.46. The number of amides is 1. The number of ether oxygens (including phenoxy) is 2. The van der Waals surface area contributed by atoms with Gasteiger partial charge in [-0.15, -0.1) is 0 Å². The van der Waals surface area contributed by atoms with Crippen molar-refractivity contribution in [1.29, 1.82) is 0 Å². The van der Waals surface area contributed by atoms with Crippen molar-refractivity contribution in [2.75, 3.05) is 7.11 Å². The third-order valence-corrected chi connectivity index (χ3v) is 4.35. The summed E-state index contributed by atoms with van der Waals surface area (Å²) >= 11 is 0. The van der Waals surface area contributed by atoms with Gasteiger partial charge < -0.3 is 14.4 Å². The monoisotopic (exact) mass is 293 g/mol. The van der Waals surface area contributed by atoms with Crippen LogP contribution in [0.3, 0.4) is 0 Å². The Balaban J connectivity index is 1.94. The molecule has 0 aromatic rings. The molecule has 21 heavy (non-hydrogen) atoms. The van der Waals surface area contributed by atoms with Crippen molar-refractivity contribution in [3.8, 4) is 0 Å². The van der Waals surface area contributed by atoms with Crippen LogP contribution in [0.5, 0.6) is 0 Å². The number of likely N-dealkylation sites (tertiary alicyclic amines) is 1. The number of cyclic esters (lactones) is 2. The van der Waals surface area contributed by atoms with E-state index in [-0.39, 0.29) is 12.3 Å². The zero-order valence-corrected chi connectivity index (χ0v) is 11.5. The summed E-state index contributed by atoms with van der Waals surface area (Å²) in [5.74, 6) is -3.19. The Bertz CT molecular complexity index is 554. The lowest BCUT2D eigenvalue weighted by atomic mass is 9.80. The van der Waals surface area contributed by atoms with E-state index in [4.69, 9.17) is 4.74 Å². The van der Waals surface area contributed by atoms with Gasteiger partial charge in [0.1, 0.15) is 6.04 Å². The lowest BCUT2D eigenvalue weighted by Gasteiger charge is -2.35. The second-order valence-corrected chi connectivity index (χ2v) is 5.41. The van der Waals surface area contributed by atoms with Gasteiger partial charge >= 0.3 is 17.9 Å². The molecule has 2 fully saturated rings. The largest absolute Gasteiger partial charge is 0.467 e. The molecule has 0 saturated carbocycles. The van der Waals surface area contributed by atoms with Gasteiger partial charge in [-0.2, -0.15) is 0 Å². The fourth-order valence-corrected chi connectivity index (χ4v) is 3.37. The number of rotatable bonds is 2. The first kappa shape index (κ1) is 13.8. The summed E-state index contributed by atoms with van der Waals surface area (Å²) in [6.45, 7) is 0. The van der Waals surface area contributed by atoms with Gasteiger partial charge in [-0.3, -0.25) is 14.4 Å². The van der Waals surface area contributed by atoms with Crippen LogP contribution in [0.25, 0.3) is 0 Å². The number of hydrogen-bond acceptors (Lipinski definition) is 6. The van der Waals surface area contributed by atoms with E-state index in [0.29, 0.717) is 12.8 Å². The highest BCUT2D eigenvalue weighted by Crippen LogP contribution is 2.38. The van der Waals surface area contributed by atoms with Crippen LogP contribution >= 0.6 is 0 Å². The van der Waals surface area contributed by atoms with Crippen LogP contribution in [-0.4, -0.2) is 47.9 Å². The lowest BCUT2D eigenvalue weighted by Crippen LogP contribution is -2.51. The Labute approximate surface area is 120 Å². The zero-order valence-electron chi connectivity index (χ0n) is 11.5. The predicted molar refractivity (Wildman–Crippen MR) is 67.5 cm³/mol. The van der Waals surface area contributed by atoms with E-state index in [9.17, 15) is 19.2 Å². The molecule has 1 aliphatic carbocycles. The first-order valence-electron chi connectivity index (χ1n) is 6.85. The van der Waals surface area contributed by atoms with Crippen molar-refractivity contribution in [3.63, 3.8) is 0 Å². The molecule has 0 aromatic carbocycles. The summed E-state index contributed by atoms with van der Waals surface area (Å²) in [4.78, 5) is 48.9. The molecule has 7 nitrogen and oxygen atoms in total. The van der Waals surface area contributed by atoms with Crippen molar-refractivity contribution in [1.82, 2.24) is 4.90 Å². The molecule has 2 saturated heterocycles. The van der Waals surface area contributed by atoms with E-state index in [1.807, 2.05) is 0 Å². The molecule has 3 rings (SSSR count). The Kier molecular flexibility index (Phi) is 3.27. The summed E-state index contributed by atoms with van der Waals surface area (Å²) in [6, 6.07) is -1.33. The van der Waals surface area contributed by atoms with E-state index < -0.39 is 41.8 Å². The van der Waals surface area contributed by atoms with E-state index in [2.05, 4.69) is 4.74 Å². The van der Waals surface area contributed by atoms with Gasteiger partial charge in [0.2, 0.25) is 5.91 Å². The zero-order chi connectivity index (χ0) is 15.1. The third kappa shape index (κ3) is 2.03. The summed E-state index contributed by atoms with van der Waals surface area (Å²) in [5, 5.41) is 0. The van der Waals surface area contributed by atoms with E-state index in [1.54, 1.807) is 12.2 Å². The highest BCUT2D eigenvalue weighted by molar-refractivity contribution is 5.98. The maximum Gasteiger partial charge on any atom is 0.328 e. The molecule has 0 bridgehead atoms. The van der Waals surface area contributed by atoms with Crippen LogP contribution in [0.1, 0.15) is 19.3 Å². The molecular formula is C14H15NO6. The Morgan fingerprint density at radius 1 is 1.33 bits per heavy atom. The van der Waals surface area contributed by atoms with Gasteiger partial charge in [0.25, 0.3) is 0 Å². The fraction of sp³-hybridized carbons (Fsp3) is 0.571. The SMILES string of the molecule is COC(=O)[C@@H]1CCC(=O)N1C1C=CC[C@@H]2C(=O)OC(=O)[C@H]12. The standard InChI is InChI=1S/C14H15NO6/c1-20-13(18)9-5-6-10(16)15(9)8-4-2-3-7-11(8)14(19)21-12(7)17/h2,4,7-9,11H,3,5-6H2,1H3/t7-,8?,9-,11-/m0/s1. The number of carbonyl (C=O) groups excluding carboxylic acids is 4. The molecule has 1 amide bonds. The minimum atomic E-state index is -0.725. The smallest absolute Gasteiger partial charge is 0.328 e. The summed E-state index contributed by atoms with van der Waals surface area (Å²) in [7, 11) is 1.26. The Morgan fingerprint density at radius 3 is 2.81 bits per heavy atom. The van der Waals surface area contributed by atoms with E-state index in [1.165, 1.54) is 12.0 Å². The Hall–Kier alpha value is -2.18. The quantitative estimate of drug-likeness (QED) is 0.398. The average Bonchev–Trinajstić information content (AvgIpc) is 2.99. The summed E-state index contributed by atoms with van der Waals surface area (Å²) in [5.41, 5.74) is 0. The van der Waals surface area contributed by atoms with Crippen molar-refractivity contribution in [2.24, 2.45) is 11.8 Å². The number of fused-ring (bicyclic) bond motifs is 1. The molecule has 7 heteroatoms. The minimum Gasteiger partial charge on any atom is -0.467 e. The molecule has 112 valence electrons. The maximum absolute atomic E-state index is 12.1. The van der Waals surface area contributed by atoms with E-state index in [0.717, 1.165) is 0 Å². The molecule has 2 heterocycles. The van der Waals surface area contributed by atoms with Gasteiger partial charge in [0, 0.05) is 6.42 Å². The number of carbonyl (C=O) groups is 4. The highest BCUT2D eigenvalue weighted by Gasteiger charge is 2.54. The minimum absolute atomic E-state index is 0.215. The molecule has 2 aliphatic heterocycles. The molecular weight excluding hydrogens is 278 g/mol. The molecule has 0 aromatic heterocycles. The van der Waals surface area contributed by atoms with Gasteiger partial charge in [-0.1, -0.05) is 12.2 Å². The normalized spacial score (nSPS) is 34.9. The van der Waals surface area contributed by atoms with Crippen LogP contribution in [-0.2, 0) is 28.7 Å². The maximum atomic E-state index is 12.1. The third-order valence-electron chi connectivity index (χ3n) is 4.35. The van der Waals surface area contributed by atoms with Gasteiger partial charge in [0.05, 0.1) is 25.0 Å². The van der Waals surface area contributed by atoms with Crippen molar-refractivity contribution >= 4 is 23.8 Å². The van der Waals surface area contributed by atoms with Crippen molar-refractivity contribution in [3.05, 3.63) is 12.2 Å². The molecule has 0 spiro atoms. The van der Waals surface area contributed by atoms with Gasteiger partial charge in [-0.25, -0.2) is 4.79 Å². The van der Waals surface area contributed by atoms with E-state index >= 15 is 0 Å². The van der Waals surface area contributed by atoms with Gasteiger partial charge in [-0.05, 0) is 12.8 Å². The van der Waals surface area contributed by atoms with Crippen LogP contribution in [0, 0.1) is 11.8 Å². The van der Waals surface area contributed by atoms with Crippen molar-refractivity contribution in [2.45, 2.75) is 31.3 Å². The number of allylic oxidation sites excluding steroid dienone is 1. The second-order valence-electron chi connectivity index (χ2n) is 5.41. The van der Waals surface area contributed by atoms with Crippen LogP contribution in [0.15, 0.2) is 12.2 Å².